The van der Waals surface area contributed by atoms with Gasteiger partial charge in [0.2, 0.25) is 10.0 Å². The van der Waals surface area contributed by atoms with Crippen molar-refractivity contribution >= 4 is 32.6 Å². The van der Waals surface area contributed by atoms with Crippen LogP contribution in [0.4, 0.5) is 9.18 Å². The van der Waals surface area contributed by atoms with Crippen LogP contribution < -0.4 is 0 Å². The van der Waals surface area contributed by atoms with Crippen LogP contribution >= 0.6 is 0 Å². The Labute approximate surface area is 169 Å². The number of amides is 1. The summed E-state index contributed by atoms with van der Waals surface area (Å²) in [7, 11) is -3.48. The molecular formula is C20H24FN3O4S. The first-order chi connectivity index (χ1) is 13.5. The van der Waals surface area contributed by atoms with Crippen LogP contribution in [-0.4, -0.2) is 59.7 Å². The molecule has 3 heterocycles. The van der Waals surface area contributed by atoms with Crippen molar-refractivity contribution in [3.05, 3.63) is 41.5 Å². The highest BCUT2D eigenvalue weighted by atomic mass is 32.2. The van der Waals surface area contributed by atoms with Crippen molar-refractivity contribution in [1.29, 1.82) is 0 Å². The van der Waals surface area contributed by atoms with E-state index in [4.69, 9.17) is 4.74 Å². The molecular weight excluding hydrogens is 397 g/mol. The molecule has 1 saturated heterocycles. The van der Waals surface area contributed by atoms with Crippen LogP contribution in [0.3, 0.4) is 0 Å². The summed E-state index contributed by atoms with van der Waals surface area (Å²) in [5.74, 6) is -0.359. The molecule has 0 radical (unpaired) electrons. The number of fused-ring (bicyclic) bond motifs is 2. The number of H-pyrrole nitrogens is 1. The number of carbonyl (C=O) groups excluding carboxylic acids is 1. The Bertz CT molecular complexity index is 1130. The van der Waals surface area contributed by atoms with Crippen molar-refractivity contribution in [3.8, 4) is 0 Å². The number of sulfonamides is 1. The van der Waals surface area contributed by atoms with Crippen LogP contribution in [0.2, 0.25) is 0 Å². The van der Waals surface area contributed by atoms with Gasteiger partial charge in [-0.05, 0) is 51.0 Å². The normalized spacial score (nSPS) is 20.6. The Morgan fingerprint density at radius 1 is 1.31 bits per heavy atom. The molecule has 1 unspecified atom stereocenters. The van der Waals surface area contributed by atoms with Gasteiger partial charge in [0, 0.05) is 41.4 Å². The van der Waals surface area contributed by atoms with Crippen molar-refractivity contribution < 1.29 is 22.3 Å². The highest BCUT2D eigenvalue weighted by molar-refractivity contribution is 7.88. The van der Waals surface area contributed by atoms with Crippen LogP contribution in [-0.2, 0) is 14.8 Å². The van der Waals surface area contributed by atoms with E-state index >= 15 is 0 Å². The summed E-state index contributed by atoms with van der Waals surface area (Å²) in [5, 5.41) is 0.777. The lowest BCUT2D eigenvalue weighted by atomic mass is 10.0. The molecule has 9 heteroatoms. The zero-order valence-corrected chi connectivity index (χ0v) is 17.6. The first-order valence-corrected chi connectivity index (χ1v) is 11.3. The van der Waals surface area contributed by atoms with E-state index in [2.05, 4.69) is 4.98 Å². The van der Waals surface area contributed by atoms with E-state index in [9.17, 15) is 17.6 Å². The van der Waals surface area contributed by atoms with Gasteiger partial charge in [-0.2, -0.15) is 4.31 Å². The lowest BCUT2D eigenvalue weighted by Crippen LogP contribution is -2.37. The lowest BCUT2D eigenvalue weighted by Gasteiger charge is -2.26. The van der Waals surface area contributed by atoms with E-state index < -0.39 is 27.8 Å². The minimum Gasteiger partial charge on any atom is -0.443 e. The minimum atomic E-state index is -3.48. The van der Waals surface area contributed by atoms with Gasteiger partial charge < -0.3 is 9.72 Å². The van der Waals surface area contributed by atoms with E-state index in [0.29, 0.717) is 24.2 Å². The molecule has 2 aromatic rings. The average molecular weight is 421 g/mol. The Hall–Kier alpha value is -2.39. The fourth-order valence-electron chi connectivity index (χ4n) is 4.11. The number of nitrogens with one attached hydrogen (secondary N) is 1. The minimum absolute atomic E-state index is 0.155. The van der Waals surface area contributed by atoms with E-state index in [1.54, 1.807) is 37.9 Å². The molecule has 4 rings (SSSR count). The molecule has 1 amide bonds. The van der Waals surface area contributed by atoms with Gasteiger partial charge in [0.1, 0.15) is 11.4 Å². The molecule has 2 aliphatic rings. The molecule has 1 aromatic carbocycles. The molecule has 29 heavy (non-hydrogen) atoms. The molecule has 156 valence electrons. The number of hydrogen-bond donors (Lipinski definition) is 1. The van der Waals surface area contributed by atoms with Gasteiger partial charge in [-0.3, -0.25) is 4.90 Å². The van der Waals surface area contributed by atoms with Gasteiger partial charge in [0.05, 0.1) is 12.3 Å². The van der Waals surface area contributed by atoms with Crippen LogP contribution in [0, 0.1) is 5.82 Å². The van der Waals surface area contributed by atoms with Gasteiger partial charge >= 0.3 is 6.09 Å². The fourth-order valence-corrected chi connectivity index (χ4v) is 5.14. The molecule has 1 fully saturated rings. The first-order valence-electron chi connectivity index (χ1n) is 9.43. The van der Waals surface area contributed by atoms with E-state index in [0.717, 1.165) is 16.5 Å². The number of carbonyl (C=O) groups is 1. The summed E-state index contributed by atoms with van der Waals surface area (Å²) in [6.07, 6.45) is 2.92. The Kier molecular flexibility index (Phi) is 4.51. The quantitative estimate of drug-likeness (QED) is 0.807. The molecule has 1 aromatic heterocycles. The standard InChI is InChI=1S/C20H24FN3O4S/c1-20(2,3)28-19(25)23-8-7-17-18(23)15(11-24(17)29(4,26)27)14-10-22-16-9-12(21)5-6-13(14)16/h5-6,9-10,17,22H,7-8,11H2,1-4H3. The van der Waals surface area contributed by atoms with E-state index in [1.807, 2.05) is 0 Å². The predicted molar refractivity (Wildman–Crippen MR) is 108 cm³/mol. The Morgan fingerprint density at radius 2 is 2.03 bits per heavy atom. The maximum Gasteiger partial charge on any atom is 0.414 e. The third kappa shape index (κ3) is 3.53. The van der Waals surface area contributed by atoms with Crippen LogP contribution in [0.1, 0.15) is 32.8 Å². The molecule has 0 bridgehead atoms. The van der Waals surface area contributed by atoms with Crippen molar-refractivity contribution in [1.82, 2.24) is 14.2 Å². The summed E-state index contributed by atoms with van der Waals surface area (Å²) in [5.41, 5.74) is 2.10. The van der Waals surface area contributed by atoms with Crippen LogP contribution in [0.15, 0.2) is 30.1 Å². The zero-order valence-electron chi connectivity index (χ0n) is 16.8. The number of nitrogens with zero attached hydrogens (tertiary/aromatic N) is 2. The maximum atomic E-state index is 13.6. The molecule has 2 aliphatic heterocycles. The molecule has 0 aliphatic carbocycles. The molecule has 1 atom stereocenters. The highest BCUT2D eigenvalue weighted by Gasteiger charge is 2.47. The summed E-state index contributed by atoms with van der Waals surface area (Å²) in [6, 6.07) is 4.00. The van der Waals surface area contributed by atoms with Gasteiger partial charge in [-0.1, -0.05) is 0 Å². The van der Waals surface area contributed by atoms with Crippen molar-refractivity contribution in [3.63, 3.8) is 0 Å². The lowest BCUT2D eigenvalue weighted by molar-refractivity contribution is 0.0338. The maximum absolute atomic E-state index is 13.6. The highest BCUT2D eigenvalue weighted by Crippen LogP contribution is 2.43. The second kappa shape index (κ2) is 6.56. The zero-order chi connectivity index (χ0) is 21.1. The number of aromatic amines is 1. The third-order valence-electron chi connectivity index (χ3n) is 5.21. The van der Waals surface area contributed by atoms with Crippen LogP contribution in [0.25, 0.3) is 16.5 Å². The third-order valence-corrected chi connectivity index (χ3v) is 6.45. The van der Waals surface area contributed by atoms with E-state index in [1.165, 1.54) is 22.7 Å². The first kappa shape index (κ1) is 19.9. The van der Waals surface area contributed by atoms with Gasteiger partial charge in [-0.15, -0.1) is 0 Å². The van der Waals surface area contributed by atoms with Crippen molar-refractivity contribution in [2.75, 3.05) is 19.3 Å². The fraction of sp³-hybridized carbons (Fsp3) is 0.450. The predicted octanol–water partition coefficient (Wildman–Crippen LogP) is 3.30. The van der Waals surface area contributed by atoms with Gasteiger partial charge in [-0.25, -0.2) is 17.6 Å². The number of hydrogen-bond acceptors (Lipinski definition) is 4. The average Bonchev–Trinajstić information content (AvgIpc) is 3.24. The van der Waals surface area contributed by atoms with Gasteiger partial charge in [0.25, 0.3) is 0 Å². The number of likely N-dealkylation sites (tertiary alicyclic amines) is 1. The van der Waals surface area contributed by atoms with E-state index in [-0.39, 0.29) is 12.4 Å². The molecule has 0 spiro atoms. The summed E-state index contributed by atoms with van der Waals surface area (Å²) < 4.78 is 45.4. The molecule has 0 saturated carbocycles. The number of ether oxygens (including phenoxy) is 1. The summed E-state index contributed by atoms with van der Waals surface area (Å²) in [4.78, 5) is 17.4. The monoisotopic (exact) mass is 421 g/mol. The molecule has 1 N–H and O–H groups in total. The second-order valence-electron chi connectivity index (χ2n) is 8.50. The summed E-state index contributed by atoms with van der Waals surface area (Å²) >= 11 is 0. The van der Waals surface area contributed by atoms with Gasteiger partial charge in [0.15, 0.2) is 0 Å². The summed E-state index contributed by atoms with van der Waals surface area (Å²) in [6.45, 7) is 5.90. The largest absolute Gasteiger partial charge is 0.443 e. The Balaban J connectivity index is 1.84. The topological polar surface area (TPSA) is 82.7 Å². The SMILES string of the molecule is CC(C)(C)OC(=O)N1CCC2C1=C(c1c[nH]c3cc(F)ccc13)CN2S(C)(=O)=O. The number of halogens is 1. The second-order valence-corrected chi connectivity index (χ2v) is 10.4. The van der Waals surface area contributed by atoms with Crippen molar-refractivity contribution in [2.24, 2.45) is 0 Å². The number of benzene rings is 1. The number of aromatic nitrogens is 1. The molecule has 7 nitrogen and oxygen atoms in total. The number of rotatable bonds is 2. The Morgan fingerprint density at radius 3 is 2.69 bits per heavy atom. The van der Waals surface area contributed by atoms with Crippen molar-refractivity contribution in [2.45, 2.75) is 38.8 Å². The van der Waals surface area contributed by atoms with Crippen LogP contribution in [0.5, 0.6) is 0 Å². The smallest absolute Gasteiger partial charge is 0.414 e.